The number of benzene rings is 2. The molecule has 0 spiro atoms. The molecule has 190 valence electrons. The number of fused-ring (bicyclic) bond motifs is 3. The molecule has 0 saturated carbocycles. The van der Waals surface area contributed by atoms with Gasteiger partial charge in [0.2, 0.25) is 5.43 Å². The summed E-state index contributed by atoms with van der Waals surface area (Å²) in [6, 6.07) is 8.65. The predicted octanol–water partition coefficient (Wildman–Crippen LogP) is 4.62. The Hall–Kier alpha value is -3.54. The minimum absolute atomic E-state index is 0.228. The lowest BCUT2D eigenvalue weighted by Gasteiger charge is -2.35. The number of carbonyl (C=O) groups excluding carboxylic acids is 1. The predicted molar refractivity (Wildman–Crippen MR) is 123 cm³/mol. The number of nitrogens with zero attached hydrogens (tertiary/aromatic N) is 2. The molecule has 3 heterocycles. The Morgan fingerprint density at radius 1 is 1.00 bits per heavy atom. The number of aromatic hydroxyl groups is 1. The molecule has 2 aliphatic rings. The zero-order chi connectivity index (χ0) is 26.2. The molecule has 1 aromatic heterocycles. The molecule has 1 atom stereocenters. The normalized spacial score (nSPS) is 15.4. The fourth-order valence-corrected chi connectivity index (χ4v) is 4.87. The molecular weight excluding hydrogens is 505 g/mol. The van der Waals surface area contributed by atoms with Crippen molar-refractivity contribution in [3.05, 3.63) is 92.9 Å². The van der Waals surface area contributed by atoms with Crippen LogP contribution in [0.3, 0.4) is 0 Å². The van der Waals surface area contributed by atoms with Crippen molar-refractivity contribution in [2.24, 2.45) is 0 Å². The highest BCUT2D eigenvalue weighted by atomic mass is 32.2. The molecule has 0 fully saturated rings. The highest BCUT2D eigenvalue weighted by molar-refractivity contribution is 7.98. The van der Waals surface area contributed by atoms with Gasteiger partial charge in [0, 0.05) is 22.9 Å². The Morgan fingerprint density at radius 3 is 2.36 bits per heavy atom. The number of halogens is 5. The Kier molecular flexibility index (Phi) is 6.98. The van der Waals surface area contributed by atoms with Gasteiger partial charge in [-0.05, 0) is 60.4 Å². The summed E-state index contributed by atoms with van der Waals surface area (Å²) in [6.45, 7) is 0.447. The van der Waals surface area contributed by atoms with Crippen LogP contribution in [-0.4, -0.2) is 39.5 Å². The van der Waals surface area contributed by atoms with E-state index >= 15 is 0 Å². The van der Waals surface area contributed by atoms with Crippen molar-refractivity contribution in [2.45, 2.75) is 36.2 Å². The molecule has 6 nitrogen and oxygen atoms in total. The van der Waals surface area contributed by atoms with E-state index in [-0.39, 0.29) is 18.3 Å². The molecule has 36 heavy (non-hydrogen) atoms. The Morgan fingerprint density at radius 2 is 1.67 bits per heavy atom. The number of hydrogen-bond acceptors (Lipinski definition) is 5. The van der Waals surface area contributed by atoms with Crippen LogP contribution in [-0.2, 0) is 12.2 Å². The molecule has 0 unspecified atom stereocenters. The molecule has 5 rings (SSSR count). The van der Waals surface area contributed by atoms with Crippen molar-refractivity contribution in [2.75, 3.05) is 12.1 Å². The number of carbonyl (C=O) groups is 1. The Balaban J connectivity index is 0.000000170. The Bertz CT molecular complexity index is 1320. The first-order valence-electron chi connectivity index (χ1n) is 10.7. The van der Waals surface area contributed by atoms with Crippen molar-refractivity contribution in [3.63, 3.8) is 0 Å². The summed E-state index contributed by atoms with van der Waals surface area (Å²) in [6.07, 6.45) is -2.82. The second kappa shape index (κ2) is 9.84. The molecule has 0 bridgehead atoms. The monoisotopic (exact) mass is 525 g/mol. The average molecular weight is 525 g/mol. The van der Waals surface area contributed by atoms with Crippen molar-refractivity contribution >= 4 is 17.7 Å². The van der Waals surface area contributed by atoms with Crippen molar-refractivity contribution in [1.29, 1.82) is 0 Å². The van der Waals surface area contributed by atoms with Gasteiger partial charge in [-0.3, -0.25) is 14.3 Å². The second-order valence-corrected chi connectivity index (χ2v) is 9.20. The lowest BCUT2D eigenvalue weighted by molar-refractivity contribution is -0.172. The number of aromatic nitrogens is 1. The molecular formula is C24H20F5N3O3S. The molecule has 2 N–H and O–H groups in total. The van der Waals surface area contributed by atoms with Crippen molar-refractivity contribution < 1.29 is 31.9 Å². The summed E-state index contributed by atoms with van der Waals surface area (Å²) in [7, 11) is 0. The summed E-state index contributed by atoms with van der Waals surface area (Å²) >= 11 is 1.68. The first kappa shape index (κ1) is 25.5. The summed E-state index contributed by atoms with van der Waals surface area (Å²) in [5.74, 6) is -1.58. The molecule has 1 amide bonds. The van der Waals surface area contributed by atoms with Crippen LogP contribution in [0.5, 0.6) is 5.75 Å². The lowest BCUT2D eigenvalue weighted by Crippen LogP contribution is -2.54. The van der Waals surface area contributed by atoms with E-state index in [0.717, 1.165) is 45.0 Å². The molecule has 3 aromatic rings. The third-order valence-corrected chi connectivity index (χ3v) is 7.01. The van der Waals surface area contributed by atoms with Crippen LogP contribution in [0.15, 0.2) is 58.4 Å². The van der Waals surface area contributed by atoms with Crippen LogP contribution in [0, 0.1) is 11.6 Å². The van der Waals surface area contributed by atoms with Gasteiger partial charge in [-0.25, -0.2) is 8.78 Å². The van der Waals surface area contributed by atoms with Gasteiger partial charge in [-0.1, -0.05) is 6.07 Å². The molecule has 0 radical (unpaired) electrons. The maximum absolute atomic E-state index is 13.2. The fraction of sp³-hybridized carbons (Fsp3) is 0.250. The Labute approximate surface area is 206 Å². The van der Waals surface area contributed by atoms with E-state index in [1.54, 1.807) is 30.0 Å². The van der Waals surface area contributed by atoms with Crippen LogP contribution in [0.1, 0.15) is 34.1 Å². The number of alkyl halides is 3. The average Bonchev–Trinajstić information content (AvgIpc) is 2.99. The quantitative estimate of drug-likeness (QED) is 0.454. The van der Waals surface area contributed by atoms with Crippen LogP contribution in [0.2, 0.25) is 0 Å². The van der Waals surface area contributed by atoms with Gasteiger partial charge in [-0.15, -0.1) is 11.8 Å². The SMILES string of the molecule is C[C@@H](N1CNn2ccc(=O)c(O)c2C1=O)C(F)(F)F.Fc1ccc2c(c1)Cc1cc(F)ccc1SC2. The topological polar surface area (TPSA) is 74.6 Å². The number of amides is 1. The van der Waals surface area contributed by atoms with E-state index in [4.69, 9.17) is 0 Å². The highest BCUT2D eigenvalue weighted by Gasteiger charge is 2.44. The van der Waals surface area contributed by atoms with Crippen LogP contribution in [0.25, 0.3) is 0 Å². The van der Waals surface area contributed by atoms with Crippen LogP contribution in [0.4, 0.5) is 22.0 Å². The minimum atomic E-state index is -4.59. The van der Waals surface area contributed by atoms with E-state index in [1.807, 2.05) is 6.07 Å². The fourth-order valence-electron chi connectivity index (χ4n) is 3.80. The van der Waals surface area contributed by atoms with E-state index < -0.39 is 35.0 Å². The number of hydrogen-bond donors (Lipinski definition) is 2. The molecule has 0 saturated heterocycles. The van der Waals surface area contributed by atoms with Gasteiger partial charge in [0.1, 0.15) is 24.3 Å². The smallest absolute Gasteiger partial charge is 0.408 e. The second-order valence-electron chi connectivity index (χ2n) is 8.19. The van der Waals surface area contributed by atoms with E-state index in [2.05, 4.69) is 5.43 Å². The molecule has 2 aliphatic heterocycles. The number of rotatable bonds is 1. The number of nitrogens with one attached hydrogen (secondary N) is 1. The van der Waals surface area contributed by atoms with Crippen LogP contribution >= 0.6 is 11.8 Å². The summed E-state index contributed by atoms with van der Waals surface area (Å²) in [5.41, 5.74) is 4.19. The highest BCUT2D eigenvalue weighted by Crippen LogP contribution is 2.34. The zero-order valence-electron chi connectivity index (χ0n) is 18.8. The van der Waals surface area contributed by atoms with Crippen molar-refractivity contribution in [3.8, 4) is 5.75 Å². The van der Waals surface area contributed by atoms with Crippen molar-refractivity contribution in [1.82, 2.24) is 9.58 Å². The van der Waals surface area contributed by atoms with Gasteiger partial charge < -0.3 is 15.4 Å². The summed E-state index contributed by atoms with van der Waals surface area (Å²) < 4.78 is 65.3. The third-order valence-electron chi connectivity index (χ3n) is 5.84. The number of thioether (sulfide) groups is 1. The maximum atomic E-state index is 13.2. The van der Waals surface area contributed by atoms with Gasteiger partial charge in [0.15, 0.2) is 11.4 Å². The minimum Gasteiger partial charge on any atom is -0.502 e. The first-order chi connectivity index (χ1) is 17.0. The summed E-state index contributed by atoms with van der Waals surface area (Å²) in [5, 5.41) is 9.51. The molecule has 2 aromatic carbocycles. The van der Waals surface area contributed by atoms with Gasteiger partial charge in [0.05, 0.1) is 0 Å². The van der Waals surface area contributed by atoms with Gasteiger partial charge in [-0.2, -0.15) is 13.2 Å². The van der Waals surface area contributed by atoms with E-state index in [0.29, 0.717) is 11.3 Å². The van der Waals surface area contributed by atoms with E-state index in [1.165, 1.54) is 18.3 Å². The maximum Gasteiger partial charge on any atom is 0.408 e. The standard InChI is InChI=1S/C14H10F2S.C10H10F3N3O3/c15-12-2-1-9-8-17-14-4-3-13(16)7-11(14)5-10(9)6-12;1-5(10(11,12)13)15-4-14-16-3-2-6(17)8(18)7(16)9(15)19/h1-4,6-7H,5,8H2;2-3,5,14,18H,4H2,1H3/t;5-/m.1/s1. The number of pyridine rings is 1. The van der Waals surface area contributed by atoms with E-state index in [9.17, 15) is 36.6 Å². The first-order valence-corrected chi connectivity index (χ1v) is 11.7. The van der Waals surface area contributed by atoms with Gasteiger partial charge >= 0.3 is 6.18 Å². The third kappa shape index (κ3) is 5.18. The zero-order valence-corrected chi connectivity index (χ0v) is 19.6. The lowest BCUT2D eigenvalue weighted by atomic mass is 10.0. The van der Waals surface area contributed by atoms with Gasteiger partial charge in [0.25, 0.3) is 5.91 Å². The van der Waals surface area contributed by atoms with Crippen LogP contribution < -0.4 is 10.9 Å². The molecule has 0 aliphatic carbocycles. The summed E-state index contributed by atoms with van der Waals surface area (Å²) in [4.78, 5) is 24.8. The largest absolute Gasteiger partial charge is 0.502 e. The molecule has 12 heteroatoms.